The standard InChI is InChI=1S/C26H26BrClN2O3S/c1-2-12-29(26(32)18-4-3-5-19(27)15-18)16-25(31)30-13-10-24-22(11-14-34-24)23(30)17-33-21-8-6-20(28)7-9-21/h3-9,11,14-15,23H,2,10,12-13,16-17H2,1H3/t23-/m1/s1. The monoisotopic (exact) mass is 560 g/mol. The van der Waals surface area contributed by atoms with Gasteiger partial charge in [-0.15, -0.1) is 11.3 Å². The molecular weight excluding hydrogens is 536 g/mol. The highest BCUT2D eigenvalue weighted by atomic mass is 79.9. The minimum absolute atomic E-state index is 0.0378. The third-order valence-electron chi connectivity index (χ3n) is 5.82. The Labute approximate surface area is 217 Å². The largest absolute Gasteiger partial charge is 0.491 e. The number of benzene rings is 2. The van der Waals surface area contributed by atoms with Crippen molar-refractivity contribution in [1.82, 2.24) is 9.80 Å². The normalized spacial score (nSPS) is 15.0. The summed E-state index contributed by atoms with van der Waals surface area (Å²) in [4.78, 5) is 31.5. The fourth-order valence-electron chi connectivity index (χ4n) is 4.16. The molecule has 0 saturated heterocycles. The van der Waals surface area contributed by atoms with Crippen molar-refractivity contribution < 1.29 is 14.3 Å². The van der Waals surface area contributed by atoms with Crippen molar-refractivity contribution in [3.05, 3.63) is 85.5 Å². The second-order valence-electron chi connectivity index (χ2n) is 8.15. The maximum absolute atomic E-state index is 13.5. The average Bonchev–Trinajstić information content (AvgIpc) is 3.32. The molecule has 178 valence electrons. The predicted molar refractivity (Wildman–Crippen MR) is 140 cm³/mol. The minimum Gasteiger partial charge on any atom is -0.491 e. The van der Waals surface area contributed by atoms with E-state index in [4.69, 9.17) is 16.3 Å². The molecule has 2 amide bonds. The van der Waals surface area contributed by atoms with Gasteiger partial charge in [0, 0.05) is 33.0 Å². The van der Waals surface area contributed by atoms with E-state index in [2.05, 4.69) is 27.4 Å². The molecule has 3 aromatic rings. The number of thiophene rings is 1. The minimum atomic E-state index is -0.206. The first-order chi connectivity index (χ1) is 16.5. The van der Waals surface area contributed by atoms with Gasteiger partial charge in [0.15, 0.2) is 0 Å². The van der Waals surface area contributed by atoms with Gasteiger partial charge in [-0.05, 0) is 72.3 Å². The number of halogens is 2. The highest BCUT2D eigenvalue weighted by Gasteiger charge is 2.33. The van der Waals surface area contributed by atoms with Crippen LogP contribution in [-0.2, 0) is 11.2 Å². The molecule has 2 heterocycles. The quantitative estimate of drug-likeness (QED) is 0.328. The van der Waals surface area contributed by atoms with Crippen molar-refractivity contribution in [2.24, 2.45) is 0 Å². The second-order valence-corrected chi connectivity index (χ2v) is 10.5. The third-order valence-corrected chi connectivity index (χ3v) is 7.56. The molecule has 2 aromatic carbocycles. The number of carbonyl (C=O) groups is 2. The van der Waals surface area contributed by atoms with Crippen LogP contribution in [0.5, 0.6) is 5.75 Å². The lowest BCUT2D eigenvalue weighted by atomic mass is 10.0. The number of hydrogen-bond acceptors (Lipinski definition) is 4. The zero-order valence-electron chi connectivity index (χ0n) is 18.9. The summed E-state index contributed by atoms with van der Waals surface area (Å²) in [6.45, 7) is 3.50. The lowest BCUT2D eigenvalue weighted by Gasteiger charge is -2.37. The van der Waals surface area contributed by atoms with E-state index in [1.807, 2.05) is 36.1 Å². The van der Waals surface area contributed by atoms with Gasteiger partial charge in [0.25, 0.3) is 5.91 Å². The van der Waals surface area contributed by atoms with Crippen LogP contribution in [0.2, 0.25) is 5.02 Å². The molecule has 0 aliphatic carbocycles. The van der Waals surface area contributed by atoms with Crippen molar-refractivity contribution in [2.45, 2.75) is 25.8 Å². The van der Waals surface area contributed by atoms with Crippen LogP contribution in [0.15, 0.2) is 64.5 Å². The summed E-state index contributed by atoms with van der Waals surface area (Å²) in [5.74, 6) is 0.494. The summed E-state index contributed by atoms with van der Waals surface area (Å²) in [5.41, 5.74) is 1.69. The van der Waals surface area contributed by atoms with E-state index in [1.54, 1.807) is 40.5 Å². The fourth-order valence-corrected chi connectivity index (χ4v) is 5.61. The van der Waals surface area contributed by atoms with E-state index in [0.717, 1.165) is 22.9 Å². The summed E-state index contributed by atoms with van der Waals surface area (Å²) < 4.78 is 6.89. The summed E-state index contributed by atoms with van der Waals surface area (Å²) >= 11 is 11.1. The van der Waals surface area contributed by atoms with Gasteiger partial charge in [0.05, 0.1) is 6.04 Å². The van der Waals surface area contributed by atoms with Gasteiger partial charge in [0.1, 0.15) is 18.9 Å². The fraction of sp³-hybridized carbons (Fsp3) is 0.308. The molecule has 8 heteroatoms. The summed E-state index contributed by atoms with van der Waals surface area (Å²) in [6.07, 6.45) is 1.58. The molecule has 1 atom stereocenters. The van der Waals surface area contributed by atoms with E-state index < -0.39 is 0 Å². The molecule has 0 unspecified atom stereocenters. The molecule has 1 aliphatic rings. The van der Waals surface area contributed by atoms with Gasteiger partial charge >= 0.3 is 0 Å². The van der Waals surface area contributed by atoms with Crippen molar-refractivity contribution in [3.63, 3.8) is 0 Å². The van der Waals surface area contributed by atoms with E-state index in [9.17, 15) is 9.59 Å². The van der Waals surface area contributed by atoms with Crippen LogP contribution < -0.4 is 4.74 Å². The Hall–Kier alpha value is -2.35. The van der Waals surface area contributed by atoms with Gasteiger partial charge < -0.3 is 14.5 Å². The van der Waals surface area contributed by atoms with Crippen molar-refractivity contribution in [3.8, 4) is 5.75 Å². The number of amides is 2. The van der Waals surface area contributed by atoms with E-state index in [-0.39, 0.29) is 24.4 Å². The van der Waals surface area contributed by atoms with Crippen LogP contribution in [0.1, 0.15) is 40.2 Å². The SMILES string of the molecule is CCCN(CC(=O)N1CCc2sccc2[C@H]1COc1ccc(Cl)cc1)C(=O)c1cccc(Br)c1. The number of fused-ring (bicyclic) bond motifs is 1. The lowest BCUT2D eigenvalue weighted by molar-refractivity contribution is -0.135. The van der Waals surface area contributed by atoms with Crippen LogP contribution in [0, 0.1) is 0 Å². The van der Waals surface area contributed by atoms with Crippen LogP contribution in [0.25, 0.3) is 0 Å². The highest BCUT2D eigenvalue weighted by Crippen LogP contribution is 2.34. The van der Waals surface area contributed by atoms with Crippen LogP contribution in [0.3, 0.4) is 0 Å². The second kappa shape index (κ2) is 11.4. The van der Waals surface area contributed by atoms with Gasteiger partial charge in [0.2, 0.25) is 5.91 Å². The molecular formula is C26H26BrClN2O3S. The van der Waals surface area contributed by atoms with Crippen LogP contribution in [-0.4, -0.2) is 47.9 Å². The first-order valence-electron chi connectivity index (χ1n) is 11.2. The summed E-state index contributed by atoms with van der Waals surface area (Å²) in [6, 6.07) is 16.4. The van der Waals surface area contributed by atoms with E-state index in [0.29, 0.717) is 36.0 Å². The Balaban J connectivity index is 1.51. The molecule has 1 aromatic heterocycles. The Kier molecular flexibility index (Phi) is 8.29. The topological polar surface area (TPSA) is 49.9 Å². The predicted octanol–water partition coefficient (Wildman–Crippen LogP) is 6.22. The zero-order chi connectivity index (χ0) is 24.1. The lowest BCUT2D eigenvalue weighted by Crippen LogP contribution is -2.48. The number of rotatable bonds is 8. The smallest absolute Gasteiger partial charge is 0.254 e. The van der Waals surface area contributed by atoms with Crippen LogP contribution >= 0.6 is 38.9 Å². The molecule has 4 rings (SSSR count). The van der Waals surface area contributed by atoms with Crippen molar-refractivity contribution >= 4 is 50.7 Å². The van der Waals surface area contributed by atoms with E-state index >= 15 is 0 Å². The molecule has 0 spiro atoms. The molecule has 1 aliphatic heterocycles. The zero-order valence-corrected chi connectivity index (χ0v) is 22.0. The van der Waals surface area contributed by atoms with Gasteiger partial charge in [-0.3, -0.25) is 9.59 Å². The van der Waals surface area contributed by atoms with Crippen LogP contribution in [0.4, 0.5) is 0 Å². The Morgan fingerprint density at radius 1 is 1.21 bits per heavy atom. The molecule has 0 N–H and O–H groups in total. The van der Waals surface area contributed by atoms with Crippen molar-refractivity contribution in [1.29, 1.82) is 0 Å². The summed E-state index contributed by atoms with van der Waals surface area (Å²) in [7, 11) is 0. The number of ether oxygens (including phenoxy) is 1. The molecule has 5 nitrogen and oxygen atoms in total. The molecule has 0 saturated carbocycles. The first-order valence-corrected chi connectivity index (χ1v) is 13.3. The number of carbonyl (C=O) groups excluding carboxylic acids is 2. The third kappa shape index (κ3) is 5.82. The molecule has 0 radical (unpaired) electrons. The van der Waals surface area contributed by atoms with Gasteiger partial charge in [-0.2, -0.15) is 0 Å². The molecule has 34 heavy (non-hydrogen) atoms. The van der Waals surface area contributed by atoms with Gasteiger partial charge in [-0.1, -0.05) is 40.5 Å². The maximum atomic E-state index is 13.5. The Morgan fingerprint density at radius 3 is 2.74 bits per heavy atom. The highest BCUT2D eigenvalue weighted by molar-refractivity contribution is 9.10. The molecule has 0 bridgehead atoms. The number of nitrogens with zero attached hydrogens (tertiary/aromatic N) is 2. The maximum Gasteiger partial charge on any atom is 0.254 e. The van der Waals surface area contributed by atoms with E-state index in [1.165, 1.54) is 4.88 Å². The first kappa shape index (κ1) is 24.8. The van der Waals surface area contributed by atoms with Gasteiger partial charge in [-0.25, -0.2) is 0 Å². The Bertz CT molecular complexity index is 1150. The Morgan fingerprint density at radius 2 is 2.00 bits per heavy atom. The molecule has 0 fully saturated rings. The summed E-state index contributed by atoms with van der Waals surface area (Å²) in [5, 5.41) is 2.71. The average molecular weight is 562 g/mol. The van der Waals surface area contributed by atoms with Crippen molar-refractivity contribution in [2.75, 3.05) is 26.2 Å². The number of hydrogen-bond donors (Lipinski definition) is 0.